The zero-order chi connectivity index (χ0) is 25.9. The number of carbonyl (C=O) groups excluding carboxylic acids is 1. The Bertz CT molecular complexity index is 783. The number of allylic oxidation sites excluding steroid dienone is 3. The normalized spacial score (nSPS) is 9.52. The number of methoxy groups -OCH3 is 1. The third-order valence-corrected chi connectivity index (χ3v) is 3.87. The second kappa shape index (κ2) is 27.7. The van der Waals surface area contributed by atoms with Crippen molar-refractivity contribution in [2.75, 3.05) is 20.7 Å². The van der Waals surface area contributed by atoms with E-state index < -0.39 is 0 Å². The van der Waals surface area contributed by atoms with Crippen molar-refractivity contribution in [3.05, 3.63) is 87.9 Å². The van der Waals surface area contributed by atoms with Crippen LogP contribution in [0.25, 0.3) is 12.2 Å². The van der Waals surface area contributed by atoms with E-state index in [9.17, 15) is 4.79 Å². The van der Waals surface area contributed by atoms with Crippen molar-refractivity contribution in [1.29, 1.82) is 0 Å². The number of hydrogen-bond donors (Lipinski definition) is 1. The number of nitrogens with one attached hydrogen (secondary N) is 1. The Balaban J connectivity index is -0.000000450. The number of halogens is 2. The Labute approximate surface area is 212 Å². The zero-order valence-electron chi connectivity index (χ0n) is 21.4. The van der Waals surface area contributed by atoms with Gasteiger partial charge >= 0.3 is 0 Å². The number of hydrogen-bond acceptors (Lipinski definition) is 3. The van der Waals surface area contributed by atoms with Crippen LogP contribution in [0, 0.1) is 0 Å². The Morgan fingerprint density at radius 2 is 1.45 bits per heavy atom. The molecular weight excluding hydrogens is 453 g/mol. The molecule has 0 saturated heterocycles. The molecule has 5 heteroatoms. The van der Waals surface area contributed by atoms with Gasteiger partial charge in [0.1, 0.15) is 12.0 Å². The summed E-state index contributed by atoms with van der Waals surface area (Å²) in [6, 6.07) is 13.2. The maximum absolute atomic E-state index is 10.0. The summed E-state index contributed by atoms with van der Waals surface area (Å²) >= 11 is 11.7. The van der Waals surface area contributed by atoms with Crippen LogP contribution < -0.4 is 10.1 Å². The van der Waals surface area contributed by atoms with E-state index in [4.69, 9.17) is 27.9 Å². The van der Waals surface area contributed by atoms with E-state index in [0.29, 0.717) is 5.02 Å². The minimum atomic E-state index is 0.616. The second-order valence-corrected chi connectivity index (χ2v) is 6.12. The molecule has 2 aromatic rings. The van der Waals surface area contributed by atoms with Crippen LogP contribution in [-0.2, 0) is 4.79 Å². The molecule has 2 rings (SSSR count). The smallest absolute Gasteiger partial charge is 0.142 e. The van der Waals surface area contributed by atoms with E-state index in [1.807, 2.05) is 91.1 Å². The van der Waals surface area contributed by atoms with Gasteiger partial charge in [0.05, 0.1) is 12.1 Å². The molecule has 0 aliphatic carbocycles. The Morgan fingerprint density at radius 1 is 0.848 bits per heavy atom. The second-order valence-electron chi connectivity index (χ2n) is 5.28. The van der Waals surface area contributed by atoms with Crippen LogP contribution >= 0.6 is 23.2 Å². The molecule has 0 heterocycles. The fourth-order valence-corrected chi connectivity index (χ4v) is 2.28. The zero-order valence-corrected chi connectivity index (χ0v) is 22.9. The number of aldehydes is 1. The van der Waals surface area contributed by atoms with E-state index in [1.165, 1.54) is 11.6 Å². The molecule has 1 N–H and O–H groups in total. The number of ether oxygens (including phenoxy) is 1. The highest BCUT2D eigenvalue weighted by Gasteiger charge is 1.97. The Morgan fingerprint density at radius 3 is 1.94 bits per heavy atom. The first kappa shape index (κ1) is 35.3. The predicted molar refractivity (Wildman–Crippen MR) is 151 cm³/mol. The Kier molecular flexibility index (Phi) is 29.6. The van der Waals surface area contributed by atoms with Crippen LogP contribution in [0.15, 0.2) is 66.8 Å². The maximum atomic E-state index is 10.0. The molecule has 0 bridgehead atoms. The lowest BCUT2D eigenvalue weighted by molar-refractivity contribution is -0.104. The molecule has 0 atom stereocenters. The summed E-state index contributed by atoms with van der Waals surface area (Å²) in [6.07, 6.45) is 11.5. The lowest BCUT2D eigenvalue weighted by atomic mass is 10.2. The summed E-state index contributed by atoms with van der Waals surface area (Å²) in [7, 11) is 3.51. The van der Waals surface area contributed by atoms with Crippen molar-refractivity contribution < 1.29 is 9.53 Å². The third-order valence-electron chi connectivity index (χ3n) is 3.29. The van der Waals surface area contributed by atoms with E-state index >= 15 is 0 Å². The standard InChI is InChI=1S/C12H11ClO2.C10H12ClN.3C2H6/c1-15-11-7-6-10(12(13)9-11)5-3-2-4-8-14;1-12-8-2-3-9-4-6-10(11)7-5-9;3*1-2/h2-9H,1H3;2-7,12H,8H2,1H3;3*1-2H3/b4-2+,5-3+;3-2-;;;. The maximum Gasteiger partial charge on any atom is 0.142 e. The van der Waals surface area contributed by atoms with Gasteiger partial charge in [0.2, 0.25) is 0 Å². The molecule has 3 nitrogen and oxygen atoms in total. The first-order valence-electron chi connectivity index (χ1n) is 11.3. The van der Waals surface area contributed by atoms with Crippen molar-refractivity contribution in [3.63, 3.8) is 0 Å². The van der Waals surface area contributed by atoms with Gasteiger partial charge in [-0.2, -0.15) is 0 Å². The number of benzene rings is 2. The minimum Gasteiger partial charge on any atom is -0.497 e. The van der Waals surface area contributed by atoms with Crippen molar-refractivity contribution in [1.82, 2.24) is 5.32 Å². The molecular formula is C28H41Cl2NO2. The van der Waals surface area contributed by atoms with Crippen LogP contribution in [0.2, 0.25) is 10.0 Å². The quantitative estimate of drug-likeness (QED) is 0.238. The van der Waals surface area contributed by atoms with Gasteiger partial charge in [-0.3, -0.25) is 4.79 Å². The van der Waals surface area contributed by atoms with Crippen LogP contribution in [0.4, 0.5) is 0 Å². The van der Waals surface area contributed by atoms with Gasteiger partial charge in [0, 0.05) is 11.6 Å². The molecule has 0 saturated carbocycles. The third kappa shape index (κ3) is 20.0. The lowest BCUT2D eigenvalue weighted by Gasteiger charge is -2.02. The first-order valence-corrected chi connectivity index (χ1v) is 12.0. The van der Waals surface area contributed by atoms with E-state index in [2.05, 4.69) is 17.5 Å². The van der Waals surface area contributed by atoms with Gasteiger partial charge < -0.3 is 10.1 Å². The largest absolute Gasteiger partial charge is 0.497 e. The molecule has 0 aromatic heterocycles. The van der Waals surface area contributed by atoms with Gasteiger partial charge in [-0.15, -0.1) is 0 Å². The van der Waals surface area contributed by atoms with Crippen molar-refractivity contribution in [2.45, 2.75) is 41.5 Å². The average molecular weight is 495 g/mol. The van der Waals surface area contributed by atoms with Crippen LogP contribution in [0.1, 0.15) is 52.7 Å². The molecule has 0 fully saturated rings. The summed E-state index contributed by atoms with van der Waals surface area (Å²) in [5.74, 6) is 0.723. The summed E-state index contributed by atoms with van der Waals surface area (Å²) in [5.41, 5.74) is 2.06. The predicted octanol–water partition coefficient (Wildman–Crippen LogP) is 8.77. The molecule has 0 spiro atoms. The van der Waals surface area contributed by atoms with E-state index in [1.54, 1.807) is 25.3 Å². The van der Waals surface area contributed by atoms with E-state index in [0.717, 1.165) is 29.2 Å². The fraction of sp³-hybridized carbons (Fsp3) is 0.321. The first-order chi connectivity index (χ1) is 16.1. The summed E-state index contributed by atoms with van der Waals surface area (Å²) in [5, 5.41) is 4.43. The van der Waals surface area contributed by atoms with Gasteiger partial charge in [0.15, 0.2) is 0 Å². The average Bonchev–Trinajstić information content (AvgIpc) is 2.88. The molecule has 0 aliphatic rings. The molecule has 0 unspecified atom stereocenters. The summed E-state index contributed by atoms with van der Waals surface area (Å²) in [6.45, 7) is 12.9. The van der Waals surface area contributed by atoms with Crippen LogP contribution in [-0.4, -0.2) is 27.0 Å². The van der Waals surface area contributed by atoms with Crippen LogP contribution in [0.5, 0.6) is 5.75 Å². The van der Waals surface area contributed by atoms with Crippen LogP contribution in [0.3, 0.4) is 0 Å². The van der Waals surface area contributed by atoms with Gasteiger partial charge in [-0.05, 0) is 54.6 Å². The van der Waals surface area contributed by atoms with Crippen molar-refractivity contribution in [2.24, 2.45) is 0 Å². The highest BCUT2D eigenvalue weighted by molar-refractivity contribution is 6.32. The molecule has 184 valence electrons. The van der Waals surface area contributed by atoms with Gasteiger partial charge in [-0.25, -0.2) is 0 Å². The van der Waals surface area contributed by atoms with Crippen molar-refractivity contribution >= 4 is 41.6 Å². The molecule has 2 aromatic carbocycles. The highest BCUT2D eigenvalue weighted by Crippen LogP contribution is 2.23. The highest BCUT2D eigenvalue weighted by atomic mass is 35.5. The number of likely N-dealkylation sites (N-methyl/N-ethyl adjacent to an activating group) is 1. The van der Waals surface area contributed by atoms with Gasteiger partial charge in [-0.1, -0.05) is 107 Å². The summed E-state index contributed by atoms with van der Waals surface area (Å²) in [4.78, 5) is 10.0. The lowest BCUT2D eigenvalue weighted by Crippen LogP contribution is -2.03. The molecule has 33 heavy (non-hydrogen) atoms. The Hall–Kier alpha value is -2.33. The SMILES string of the molecule is CC.CC.CC.CNC/C=C\c1ccc(Cl)cc1.COc1ccc(/C=C/C=C/C=O)c(Cl)c1. The molecule has 0 amide bonds. The molecule has 0 aliphatic heterocycles. The van der Waals surface area contributed by atoms with Crippen molar-refractivity contribution in [3.8, 4) is 5.75 Å². The van der Waals surface area contributed by atoms with Gasteiger partial charge in [0.25, 0.3) is 0 Å². The summed E-state index contributed by atoms with van der Waals surface area (Å²) < 4.78 is 5.02. The molecule has 0 radical (unpaired) electrons. The monoisotopic (exact) mass is 493 g/mol. The topological polar surface area (TPSA) is 38.3 Å². The number of rotatable bonds is 7. The fourth-order valence-electron chi connectivity index (χ4n) is 1.93. The minimum absolute atomic E-state index is 0.616. The number of carbonyl (C=O) groups is 1. The van der Waals surface area contributed by atoms with E-state index in [-0.39, 0.29) is 0 Å².